The molecule has 0 aliphatic heterocycles. The lowest BCUT2D eigenvalue weighted by Crippen LogP contribution is -2.12. The highest BCUT2D eigenvalue weighted by molar-refractivity contribution is 9.10. The molecule has 8 heteroatoms. The quantitative estimate of drug-likeness (QED) is 0.739. The van der Waals surface area contributed by atoms with Gasteiger partial charge in [0.1, 0.15) is 0 Å². The van der Waals surface area contributed by atoms with E-state index >= 15 is 0 Å². The molecule has 0 unspecified atom stereocenters. The molecule has 0 saturated heterocycles. The van der Waals surface area contributed by atoms with Crippen LogP contribution in [0.3, 0.4) is 0 Å². The van der Waals surface area contributed by atoms with Crippen molar-refractivity contribution < 1.29 is 4.79 Å². The number of anilines is 1. The van der Waals surface area contributed by atoms with Gasteiger partial charge in [-0.3, -0.25) is 10.1 Å². The number of nitrogens with zero attached hydrogens (tertiary/aromatic N) is 4. The molecule has 2 heterocycles. The second-order valence-electron chi connectivity index (χ2n) is 5.33. The third-order valence-electron chi connectivity index (χ3n) is 3.54. The molecule has 1 fully saturated rings. The zero-order chi connectivity index (χ0) is 15.8. The Morgan fingerprint density at radius 3 is 3.04 bits per heavy atom. The monoisotopic (exact) mass is 389 g/mol. The zero-order valence-electron chi connectivity index (χ0n) is 11.9. The summed E-state index contributed by atoms with van der Waals surface area (Å²) in [6, 6.07) is 7.62. The minimum atomic E-state index is -0.303. The van der Waals surface area contributed by atoms with Crippen molar-refractivity contribution in [1.29, 1.82) is 0 Å². The van der Waals surface area contributed by atoms with Gasteiger partial charge in [0.25, 0.3) is 5.91 Å². The molecule has 116 valence electrons. The summed E-state index contributed by atoms with van der Waals surface area (Å²) in [5.74, 6) is 0.275. The predicted molar refractivity (Wildman–Crippen MR) is 91.1 cm³/mol. The molecule has 0 atom stereocenters. The van der Waals surface area contributed by atoms with Gasteiger partial charge in [0, 0.05) is 15.8 Å². The Morgan fingerprint density at radius 2 is 2.26 bits per heavy atom. The van der Waals surface area contributed by atoms with Crippen LogP contribution in [-0.2, 0) is 0 Å². The maximum Gasteiger partial charge on any atom is 0.279 e. The van der Waals surface area contributed by atoms with E-state index in [2.05, 4.69) is 36.5 Å². The van der Waals surface area contributed by atoms with Crippen molar-refractivity contribution in [2.45, 2.75) is 18.8 Å². The highest BCUT2D eigenvalue weighted by Crippen LogP contribution is 2.40. The van der Waals surface area contributed by atoms with Crippen molar-refractivity contribution in [2.24, 2.45) is 0 Å². The van der Waals surface area contributed by atoms with Crippen LogP contribution in [0.2, 0.25) is 0 Å². The Labute approximate surface area is 144 Å². The molecular weight excluding hydrogens is 378 g/mol. The van der Waals surface area contributed by atoms with Crippen LogP contribution < -0.4 is 5.32 Å². The predicted octanol–water partition coefficient (Wildman–Crippen LogP) is 3.62. The van der Waals surface area contributed by atoms with E-state index in [0.29, 0.717) is 11.0 Å². The molecule has 0 radical (unpaired) electrons. The molecule has 0 spiro atoms. The second kappa shape index (κ2) is 5.86. The first-order valence-corrected chi connectivity index (χ1v) is 8.81. The smallest absolute Gasteiger partial charge is 0.279 e. The van der Waals surface area contributed by atoms with Gasteiger partial charge in [-0.2, -0.15) is 0 Å². The number of carbonyl (C=O) groups is 1. The summed E-state index contributed by atoms with van der Waals surface area (Å²) in [4.78, 5) is 16.7. The van der Waals surface area contributed by atoms with E-state index in [1.54, 1.807) is 10.9 Å². The van der Waals surface area contributed by atoms with Crippen LogP contribution in [0.25, 0.3) is 5.69 Å². The summed E-state index contributed by atoms with van der Waals surface area (Å²) >= 11 is 4.85. The van der Waals surface area contributed by atoms with Crippen LogP contribution in [0.1, 0.15) is 34.9 Å². The van der Waals surface area contributed by atoms with E-state index in [9.17, 15) is 4.79 Å². The van der Waals surface area contributed by atoms with Crippen LogP contribution in [0.15, 0.2) is 40.3 Å². The summed E-state index contributed by atoms with van der Waals surface area (Å²) in [6.45, 7) is 0. The van der Waals surface area contributed by atoms with Crippen molar-refractivity contribution in [3.63, 3.8) is 0 Å². The molecule has 1 aliphatic rings. The van der Waals surface area contributed by atoms with Gasteiger partial charge in [-0.05, 0) is 31.0 Å². The van der Waals surface area contributed by atoms with E-state index in [4.69, 9.17) is 0 Å². The van der Waals surface area contributed by atoms with Gasteiger partial charge < -0.3 is 0 Å². The number of aromatic nitrogens is 4. The van der Waals surface area contributed by atoms with Crippen LogP contribution in [0.5, 0.6) is 0 Å². The first kappa shape index (κ1) is 14.5. The average molecular weight is 390 g/mol. The fourth-order valence-electron chi connectivity index (χ4n) is 2.18. The van der Waals surface area contributed by atoms with E-state index in [1.807, 2.05) is 29.6 Å². The number of halogens is 1. The Kier molecular flexibility index (Phi) is 3.70. The molecule has 1 amide bonds. The zero-order valence-corrected chi connectivity index (χ0v) is 14.3. The van der Waals surface area contributed by atoms with Gasteiger partial charge in [-0.25, -0.2) is 9.67 Å². The summed E-state index contributed by atoms with van der Waals surface area (Å²) in [7, 11) is 0. The van der Waals surface area contributed by atoms with E-state index < -0.39 is 0 Å². The maximum atomic E-state index is 12.3. The summed E-state index contributed by atoms with van der Waals surface area (Å²) in [5.41, 5.74) is 2.16. The third kappa shape index (κ3) is 3.18. The third-order valence-corrected chi connectivity index (χ3v) is 4.81. The van der Waals surface area contributed by atoms with Gasteiger partial charge in [0.05, 0.1) is 17.6 Å². The van der Waals surface area contributed by atoms with E-state index in [1.165, 1.54) is 24.2 Å². The SMILES string of the molecule is O=C(Nc1nc(C2CC2)cs1)c1cn(-c2cccc(Br)c2)nn1. The minimum absolute atomic E-state index is 0.258. The van der Waals surface area contributed by atoms with Crippen LogP contribution in [0.4, 0.5) is 5.13 Å². The van der Waals surface area contributed by atoms with Crippen LogP contribution in [0, 0.1) is 0 Å². The topological polar surface area (TPSA) is 72.7 Å². The van der Waals surface area contributed by atoms with Crippen molar-refractivity contribution in [2.75, 3.05) is 5.32 Å². The second-order valence-corrected chi connectivity index (χ2v) is 7.11. The molecule has 4 rings (SSSR count). The fourth-order valence-corrected chi connectivity index (χ4v) is 3.36. The fraction of sp³-hybridized carbons (Fsp3) is 0.200. The highest BCUT2D eigenvalue weighted by atomic mass is 79.9. The number of carbonyl (C=O) groups excluding carboxylic acids is 1. The molecular formula is C15H12BrN5OS. The molecule has 1 aliphatic carbocycles. The van der Waals surface area contributed by atoms with Gasteiger partial charge in [-0.1, -0.05) is 27.2 Å². The molecule has 23 heavy (non-hydrogen) atoms. The normalized spacial score (nSPS) is 14.0. The summed E-state index contributed by atoms with van der Waals surface area (Å²) < 4.78 is 2.50. The van der Waals surface area contributed by atoms with Crippen LogP contribution in [-0.4, -0.2) is 25.9 Å². The number of hydrogen-bond donors (Lipinski definition) is 1. The lowest BCUT2D eigenvalue weighted by molar-refractivity contribution is 0.102. The molecule has 1 N–H and O–H groups in total. The van der Waals surface area contributed by atoms with Crippen molar-refractivity contribution >= 4 is 38.3 Å². The number of amides is 1. The van der Waals surface area contributed by atoms with Crippen molar-refractivity contribution in [3.05, 3.63) is 51.7 Å². The first-order valence-electron chi connectivity index (χ1n) is 7.14. The Morgan fingerprint density at radius 1 is 1.39 bits per heavy atom. The maximum absolute atomic E-state index is 12.3. The van der Waals surface area contributed by atoms with Gasteiger partial charge in [-0.15, -0.1) is 16.4 Å². The van der Waals surface area contributed by atoms with E-state index in [-0.39, 0.29) is 11.6 Å². The minimum Gasteiger partial charge on any atom is -0.296 e. The number of thiazole rings is 1. The van der Waals surface area contributed by atoms with Crippen molar-refractivity contribution in [3.8, 4) is 5.69 Å². The largest absolute Gasteiger partial charge is 0.296 e. The van der Waals surface area contributed by atoms with E-state index in [0.717, 1.165) is 15.9 Å². The lowest BCUT2D eigenvalue weighted by atomic mass is 10.3. The van der Waals surface area contributed by atoms with Gasteiger partial charge in [0.15, 0.2) is 10.8 Å². The van der Waals surface area contributed by atoms with Crippen molar-refractivity contribution in [1.82, 2.24) is 20.0 Å². The van der Waals surface area contributed by atoms with Gasteiger partial charge >= 0.3 is 0 Å². The molecule has 1 saturated carbocycles. The molecule has 2 aromatic heterocycles. The number of nitrogens with one attached hydrogen (secondary N) is 1. The molecule has 3 aromatic rings. The first-order chi connectivity index (χ1) is 11.2. The number of rotatable bonds is 4. The Hall–Kier alpha value is -2.06. The standard InChI is InChI=1S/C15H12BrN5OS/c16-10-2-1-3-11(6-10)21-7-12(19-20-21)14(22)18-15-17-13(8-23-15)9-4-5-9/h1-3,6-9H,4-5H2,(H,17,18,22). The number of hydrogen-bond acceptors (Lipinski definition) is 5. The Balaban J connectivity index is 1.50. The molecule has 1 aromatic carbocycles. The van der Waals surface area contributed by atoms with Crippen LogP contribution >= 0.6 is 27.3 Å². The summed E-state index contributed by atoms with van der Waals surface area (Å²) in [6.07, 6.45) is 3.99. The number of benzene rings is 1. The molecule has 0 bridgehead atoms. The average Bonchev–Trinajstić information content (AvgIpc) is 3.09. The van der Waals surface area contributed by atoms with Gasteiger partial charge in [0.2, 0.25) is 0 Å². The Bertz CT molecular complexity index is 870. The molecule has 6 nitrogen and oxygen atoms in total. The lowest BCUT2D eigenvalue weighted by Gasteiger charge is -1.99. The summed E-state index contributed by atoms with van der Waals surface area (Å²) in [5, 5.41) is 13.3. The highest BCUT2D eigenvalue weighted by Gasteiger charge is 2.26.